The fourth-order valence-corrected chi connectivity index (χ4v) is 1.86. The molecule has 0 saturated carbocycles. The first-order valence-corrected chi connectivity index (χ1v) is 7.28. The highest BCUT2D eigenvalue weighted by Gasteiger charge is 2.16. The van der Waals surface area contributed by atoms with Crippen molar-refractivity contribution in [1.29, 1.82) is 0 Å². The van der Waals surface area contributed by atoms with Crippen molar-refractivity contribution in [3.63, 3.8) is 0 Å². The minimum absolute atomic E-state index is 0.0650. The highest BCUT2D eigenvalue weighted by atomic mass is 19.1. The summed E-state index contributed by atoms with van der Waals surface area (Å²) in [5, 5.41) is 12.3. The molecule has 0 saturated heterocycles. The van der Waals surface area contributed by atoms with E-state index in [4.69, 9.17) is 0 Å². The van der Waals surface area contributed by atoms with Crippen LogP contribution in [0, 0.1) is 17.6 Å². The summed E-state index contributed by atoms with van der Waals surface area (Å²) in [6.07, 6.45) is -0.130. The molecule has 1 rings (SSSR count). The molecule has 1 aromatic rings. The number of ketones is 1. The van der Waals surface area contributed by atoms with Crippen molar-refractivity contribution in [2.24, 2.45) is 5.92 Å². The Balaban J connectivity index is 2.42. The second-order valence-electron chi connectivity index (χ2n) is 5.30. The number of carbonyl (C=O) groups is 2. The monoisotopic (exact) mass is 313 g/mol. The van der Waals surface area contributed by atoms with Crippen molar-refractivity contribution in [1.82, 2.24) is 5.32 Å². The summed E-state index contributed by atoms with van der Waals surface area (Å²) in [6, 6.07) is 2.70. The molecule has 2 N–H and O–H groups in total. The molecular formula is C16H21F2NO3. The topological polar surface area (TPSA) is 66.4 Å². The molecule has 0 heterocycles. The molecular weight excluding hydrogens is 292 g/mol. The van der Waals surface area contributed by atoms with Gasteiger partial charge in [-0.25, -0.2) is 8.78 Å². The van der Waals surface area contributed by atoms with Crippen LogP contribution in [-0.2, 0) is 4.79 Å². The summed E-state index contributed by atoms with van der Waals surface area (Å²) in [5.41, 5.74) is -0.228. The Bertz CT molecular complexity index is 534. The number of amides is 1. The van der Waals surface area contributed by atoms with Gasteiger partial charge in [-0.3, -0.25) is 9.59 Å². The number of aliphatic hydroxyl groups is 1. The summed E-state index contributed by atoms with van der Waals surface area (Å²) in [7, 11) is 0. The van der Waals surface area contributed by atoms with Gasteiger partial charge in [0.15, 0.2) is 5.78 Å². The number of nitrogens with one attached hydrogen (secondary N) is 1. The maximum absolute atomic E-state index is 13.4. The molecule has 22 heavy (non-hydrogen) atoms. The molecule has 0 spiro atoms. The number of hydrogen-bond acceptors (Lipinski definition) is 3. The van der Waals surface area contributed by atoms with Gasteiger partial charge in [0.25, 0.3) is 0 Å². The zero-order chi connectivity index (χ0) is 16.7. The number of halogens is 2. The van der Waals surface area contributed by atoms with Gasteiger partial charge in [0.2, 0.25) is 5.91 Å². The van der Waals surface area contributed by atoms with Gasteiger partial charge in [-0.2, -0.15) is 0 Å². The maximum Gasteiger partial charge on any atom is 0.220 e. The lowest BCUT2D eigenvalue weighted by Gasteiger charge is -2.17. The van der Waals surface area contributed by atoms with Crippen LogP contribution < -0.4 is 5.32 Å². The standard InChI is InChI=1S/C16H21F2NO3/c1-3-10(2)15(21)9-19-16(22)7-6-14(20)12-5-4-11(17)8-13(12)18/h4-5,8,10,15,21H,3,6-7,9H2,1-2H3,(H,19,22). The highest BCUT2D eigenvalue weighted by Crippen LogP contribution is 2.13. The molecule has 122 valence electrons. The molecule has 0 aromatic heterocycles. The summed E-state index contributed by atoms with van der Waals surface area (Å²) in [5.74, 6) is -2.58. The number of rotatable bonds is 8. The minimum atomic E-state index is -0.933. The summed E-state index contributed by atoms with van der Waals surface area (Å²) in [6.45, 7) is 3.93. The molecule has 0 radical (unpaired) electrons. The fourth-order valence-electron chi connectivity index (χ4n) is 1.86. The third-order valence-corrected chi connectivity index (χ3v) is 3.62. The number of aliphatic hydroxyl groups excluding tert-OH is 1. The van der Waals surface area contributed by atoms with E-state index in [0.717, 1.165) is 18.6 Å². The average Bonchev–Trinajstić information content (AvgIpc) is 2.49. The molecule has 6 heteroatoms. The number of carbonyl (C=O) groups excluding carboxylic acids is 2. The smallest absolute Gasteiger partial charge is 0.220 e. The van der Waals surface area contributed by atoms with Gasteiger partial charge < -0.3 is 10.4 Å². The molecule has 0 fully saturated rings. The Kier molecular flexibility index (Phi) is 7.11. The molecule has 0 bridgehead atoms. The Morgan fingerprint density at radius 1 is 1.27 bits per heavy atom. The SMILES string of the molecule is CCC(C)C(O)CNC(=O)CCC(=O)c1ccc(F)cc1F. The van der Waals surface area contributed by atoms with Crippen LogP contribution in [0.25, 0.3) is 0 Å². The van der Waals surface area contributed by atoms with Crippen LogP contribution in [0.2, 0.25) is 0 Å². The van der Waals surface area contributed by atoms with Crippen molar-refractivity contribution in [3.8, 4) is 0 Å². The molecule has 2 unspecified atom stereocenters. The summed E-state index contributed by atoms with van der Waals surface area (Å²) < 4.78 is 26.2. The van der Waals surface area contributed by atoms with E-state index in [1.165, 1.54) is 0 Å². The van der Waals surface area contributed by atoms with E-state index in [1.807, 2.05) is 13.8 Å². The number of hydrogen-bond donors (Lipinski definition) is 2. The van der Waals surface area contributed by atoms with E-state index in [-0.39, 0.29) is 30.9 Å². The fraction of sp³-hybridized carbons (Fsp3) is 0.500. The van der Waals surface area contributed by atoms with Crippen LogP contribution in [0.15, 0.2) is 18.2 Å². The first-order valence-electron chi connectivity index (χ1n) is 7.28. The number of benzene rings is 1. The quantitative estimate of drug-likeness (QED) is 0.725. The molecule has 4 nitrogen and oxygen atoms in total. The molecule has 0 aliphatic rings. The van der Waals surface area contributed by atoms with Crippen LogP contribution >= 0.6 is 0 Å². The molecule has 2 atom stereocenters. The highest BCUT2D eigenvalue weighted by molar-refractivity contribution is 5.98. The number of Topliss-reactive ketones (excluding diaryl/α,β-unsaturated/α-hetero) is 1. The lowest BCUT2D eigenvalue weighted by molar-refractivity contribution is -0.121. The van der Waals surface area contributed by atoms with E-state index in [2.05, 4.69) is 5.32 Å². The largest absolute Gasteiger partial charge is 0.391 e. The van der Waals surface area contributed by atoms with E-state index in [0.29, 0.717) is 6.07 Å². The van der Waals surface area contributed by atoms with Gasteiger partial charge in [-0.1, -0.05) is 20.3 Å². The van der Waals surface area contributed by atoms with Gasteiger partial charge in [0.1, 0.15) is 11.6 Å². The third-order valence-electron chi connectivity index (χ3n) is 3.62. The van der Waals surface area contributed by atoms with E-state index < -0.39 is 29.4 Å². The van der Waals surface area contributed by atoms with Crippen molar-refractivity contribution in [2.45, 2.75) is 39.2 Å². The van der Waals surface area contributed by atoms with Crippen molar-refractivity contribution < 1.29 is 23.5 Å². The van der Waals surface area contributed by atoms with E-state index in [9.17, 15) is 23.5 Å². The van der Waals surface area contributed by atoms with Gasteiger partial charge in [-0.05, 0) is 18.1 Å². The second-order valence-corrected chi connectivity index (χ2v) is 5.30. The summed E-state index contributed by atoms with van der Waals surface area (Å²) in [4.78, 5) is 23.4. The Morgan fingerprint density at radius 3 is 2.55 bits per heavy atom. The molecule has 0 aliphatic carbocycles. The molecule has 1 amide bonds. The van der Waals surface area contributed by atoms with Crippen molar-refractivity contribution >= 4 is 11.7 Å². The van der Waals surface area contributed by atoms with E-state index in [1.54, 1.807) is 0 Å². The van der Waals surface area contributed by atoms with Crippen LogP contribution in [0.1, 0.15) is 43.5 Å². The lowest BCUT2D eigenvalue weighted by atomic mass is 10.0. The molecule has 0 aliphatic heterocycles. The minimum Gasteiger partial charge on any atom is -0.391 e. The van der Waals surface area contributed by atoms with Gasteiger partial charge >= 0.3 is 0 Å². The van der Waals surface area contributed by atoms with Crippen LogP contribution in [0.4, 0.5) is 8.78 Å². The van der Waals surface area contributed by atoms with Crippen LogP contribution in [0.5, 0.6) is 0 Å². The lowest BCUT2D eigenvalue weighted by Crippen LogP contribution is -2.35. The Morgan fingerprint density at radius 2 is 1.95 bits per heavy atom. The normalized spacial score (nSPS) is 13.5. The van der Waals surface area contributed by atoms with Gasteiger partial charge in [0.05, 0.1) is 11.7 Å². The van der Waals surface area contributed by atoms with Crippen molar-refractivity contribution in [2.75, 3.05) is 6.54 Å². The van der Waals surface area contributed by atoms with E-state index >= 15 is 0 Å². The second kappa shape index (κ2) is 8.58. The Labute approximate surface area is 128 Å². The third kappa shape index (κ3) is 5.52. The predicted molar refractivity (Wildman–Crippen MR) is 78.4 cm³/mol. The maximum atomic E-state index is 13.4. The summed E-state index contributed by atoms with van der Waals surface area (Å²) >= 11 is 0. The van der Waals surface area contributed by atoms with Crippen LogP contribution in [0.3, 0.4) is 0 Å². The molecule has 1 aromatic carbocycles. The zero-order valence-electron chi connectivity index (χ0n) is 12.7. The van der Waals surface area contributed by atoms with Gasteiger partial charge in [-0.15, -0.1) is 0 Å². The van der Waals surface area contributed by atoms with Crippen molar-refractivity contribution in [3.05, 3.63) is 35.4 Å². The zero-order valence-corrected chi connectivity index (χ0v) is 12.7. The van der Waals surface area contributed by atoms with Gasteiger partial charge in [0, 0.05) is 25.5 Å². The first-order chi connectivity index (χ1) is 10.3. The first kappa shape index (κ1) is 18.2. The predicted octanol–water partition coefficient (Wildman–Crippen LogP) is 2.45. The average molecular weight is 313 g/mol. The Hall–Kier alpha value is -1.82. The van der Waals surface area contributed by atoms with Crippen LogP contribution in [-0.4, -0.2) is 29.4 Å².